The van der Waals surface area contributed by atoms with E-state index in [1.54, 1.807) is 0 Å². The number of benzene rings is 2. The lowest BCUT2D eigenvalue weighted by Crippen LogP contribution is -2.35. The number of rotatable bonds is 7. The maximum absolute atomic E-state index is 12.8. The molecular formula is C15H12Cl2N2O6S. The summed E-state index contributed by atoms with van der Waals surface area (Å²) >= 11 is 11.8. The van der Waals surface area contributed by atoms with E-state index in [0.29, 0.717) is 9.87 Å². The zero-order chi connectivity index (χ0) is 19.5. The second kappa shape index (κ2) is 8.00. The zero-order valence-corrected chi connectivity index (χ0v) is 15.3. The van der Waals surface area contributed by atoms with Gasteiger partial charge in [0.05, 0.1) is 9.95 Å². The minimum Gasteiger partial charge on any atom is -0.480 e. The number of hydrogen-bond acceptors (Lipinski definition) is 5. The molecule has 0 unspecified atom stereocenters. The van der Waals surface area contributed by atoms with E-state index in [2.05, 4.69) is 0 Å². The largest absolute Gasteiger partial charge is 0.480 e. The molecular weight excluding hydrogens is 407 g/mol. The molecule has 0 saturated carbocycles. The van der Waals surface area contributed by atoms with E-state index >= 15 is 0 Å². The molecule has 0 aliphatic rings. The highest BCUT2D eigenvalue weighted by molar-refractivity contribution is 7.89. The van der Waals surface area contributed by atoms with Gasteiger partial charge in [-0.15, -0.1) is 0 Å². The molecule has 8 nitrogen and oxygen atoms in total. The van der Waals surface area contributed by atoms with E-state index in [1.807, 2.05) is 0 Å². The average molecular weight is 419 g/mol. The van der Waals surface area contributed by atoms with Gasteiger partial charge in [-0.1, -0.05) is 35.3 Å². The lowest BCUT2D eigenvalue weighted by atomic mass is 10.2. The summed E-state index contributed by atoms with van der Waals surface area (Å²) in [6, 6.07) is 8.93. The summed E-state index contributed by atoms with van der Waals surface area (Å²) in [6.45, 7) is -1.13. The summed E-state index contributed by atoms with van der Waals surface area (Å²) in [6.07, 6.45) is 0. The Morgan fingerprint density at radius 1 is 1.15 bits per heavy atom. The van der Waals surface area contributed by atoms with Crippen LogP contribution < -0.4 is 0 Å². The van der Waals surface area contributed by atoms with Crippen molar-refractivity contribution in [2.45, 2.75) is 11.4 Å². The molecule has 0 bridgehead atoms. The van der Waals surface area contributed by atoms with Crippen molar-refractivity contribution in [3.63, 3.8) is 0 Å². The average Bonchev–Trinajstić information content (AvgIpc) is 2.56. The number of nitro benzene ring substituents is 1. The van der Waals surface area contributed by atoms with Crippen LogP contribution >= 0.6 is 23.2 Å². The van der Waals surface area contributed by atoms with Crippen molar-refractivity contribution in [2.75, 3.05) is 6.54 Å². The van der Waals surface area contributed by atoms with Crippen molar-refractivity contribution in [3.05, 3.63) is 68.2 Å². The third-order valence-corrected chi connectivity index (χ3v) is 5.84. The number of sulfonamides is 1. The maximum Gasteiger partial charge on any atom is 0.318 e. The lowest BCUT2D eigenvalue weighted by molar-refractivity contribution is -0.384. The van der Waals surface area contributed by atoms with Gasteiger partial charge in [-0.3, -0.25) is 14.9 Å². The number of nitrogens with zero attached hydrogens (tertiary/aromatic N) is 2. The molecule has 0 radical (unpaired) electrons. The van der Waals surface area contributed by atoms with Crippen molar-refractivity contribution >= 4 is 44.9 Å². The normalized spacial score (nSPS) is 11.5. The highest BCUT2D eigenvalue weighted by Crippen LogP contribution is 2.28. The molecule has 0 aliphatic carbocycles. The van der Waals surface area contributed by atoms with Gasteiger partial charge in [0.25, 0.3) is 5.69 Å². The second-order valence-corrected chi connectivity index (χ2v) is 7.92. The van der Waals surface area contributed by atoms with Gasteiger partial charge in [0, 0.05) is 23.7 Å². The maximum atomic E-state index is 12.8. The summed E-state index contributed by atoms with van der Waals surface area (Å²) in [7, 11) is -4.27. The number of aliphatic carboxylic acids is 1. The third kappa shape index (κ3) is 4.70. The summed E-state index contributed by atoms with van der Waals surface area (Å²) in [5.41, 5.74) is 0.206. The smallest absolute Gasteiger partial charge is 0.318 e. The van der Waals surface area contributed by atoms with Crippen LogP contribution in [-0.2, 0) is 21.4 Å². The molecule has 26 heavy (non-hydrogen) atoms. The number of carbonyl (C=O) groups is 1. The Balaban J connectivity index is 2.41. The molecule has 0 amide bonds. The lowest BCUT2D eigenvalue weighted by Gasteiger charge is -2.21. The van der Waals surface area contributed by atoms with Crippen molar-refractivity contribution < 1.29 is 23.2 Å². The van der Waals surface area contributed by atoms with Gasteiger partial charge in [0.1, 0.15) is 11.4 Å². The first-order chi connectivity index (χ1) is 12.1. The van der Waals surface area contributed by atoms with Crippen molar-refractivity contribution in [1.82, 2.24) is 4.31 Å². The number of halogens is 2. The van der Waals surface area contributed by atoms with E-state index in [9.17, 15) is 23.3 Å². The summed E-state index contributed by atoms with van der Waals surface area (Å²) < 4.78 is 26.4. The Labute approximate surface area is 158 Å². The topological polar surface area (TPSA) is 118 Å². The molecule has 1 N–H and O–H groups in total. The van der Waals surface area contributed by atoms with E-state index in [4.69, 9.17) is 28.3 Å². The van der Waals surface area contributed by atoms with Crippen LogP contribution in [0.25, 0.3) is 0 Å². The van der Waals surface area contributed by atoms with E-state index in [0.717, 1.165) is 6.07 Å². The number of carboxylic acids is 1. The molecule has 138 valence electrons. The molecule has 0 atom stereocenters. The van der Waals surface area contributed by atoms with Crippen LogP contribution in [0.1, 0.15) is 5.56 Å². The fourth-order valence-corrected chi connectivity index (χ4v) is 4.23. The molecule has 2 rings (SSSR count). The van der Waals surface area contributed by atoms with Crippen molar-refractivity contribution in [1.29, 1.82) is 0 Å². The second-order valence-electron chi connectivity index (χ2n) is 5.17. The number of non-ortho nitro benzene ring substituents is 1. The highest BCUT2D eigenvalue weighted by Gasteiger charge is 2.29. The van der Waals surface area contributed by atoms with Crippen LogP contribution in [0.4, 0.5) is 5.69 Å². The standard InChI is InChI=1S/C15H12Cl2N2O6S/c16-11-3-6-13(17)14(7-11)26(24,25)18(9-15(20)21)8-10-1-4-12(5-2-10)19(22)23/h1-7H,8-9H2,(H,20,21). The minimum absolute atomic E-state index is 0.103. The Hall–Kier alpha value is -2.20. The van der Waals surface area contributed by atoms with Crippen molar-refractivity contribution in [2.24, 2.45) is 0 Å². The molecule has 0 aromatic heterocycles. The summed E-state index contributed by atoms with van der Waals surface area (Å²) in [4.78, 5) is 20.9. The van der Waals surface area contributed by atoms with Crippen LogP contribution in [0.2, 0.25) is 10.0 Å². The Kier molecular flexibility index (Phi) is 6.19. The third-order valence-electron chi connectivity index (χ3n) is 3.33. The van der Waals surface area contributed by atoms with Gasteiger partial charge >= 0.3 is 5.97 Å². The first kappa shape index (κ1) is 20.1. The van der Waals surface area contributed by atoms with Gasteiger partial charge in [-0.2, -0.15) is 4.31 Å². The first-order valence-corrected chi connectivity index (χ1v) is 9.21. The van der Waals surface area contributed by atoms with Crippen LogP contribution in [0.3, 0.4) is 0 Å². The fraction of sp³-hybridized carbons (Fsp3) is 0.133. The molecule has 2 aromatic rings. The van der Waals surface area contributed by atoms with Gasteiger partial charge < -0.3 is 5.11 Å². The Morgan fingerprint density at radius 2 is 1.77 bits per heavy atom. The summed E-state index contributed by atoms with van der Waals surface area (Å²) in [5.74, 6) is -1.37. The molecule has 0 heterocycles. The van der Waals surface area contributed by atoms with Gasteiger partial charge in [0.15, 0.2) is 0 Å². The monoisotopic (exact) mass is 418 g/mol. The number of hydrogen-bond donors (Lipinski definition) is 1. The van der Waals surface area contributed by atoms with E-state index in [1.165, 1.54) is 36.4 Å². The van der Waals surface area contributed by atoms with E-state index < -0.39 is 27.5 Å². The summed E-state index contributed by atoms with van der Waals surface area (Å²) in [5, 5.41) is 19.8. The van der Waals surface area contributed by atoms with Gasteiger partial charge in [0.2, 0.25) is 10.0 Å². The van der Waals surface area contributed by atoms with E-state index in [-0.39, 0.29) is 27.2 Å². The Morgan fingerprint density at radius 3 is 2.31 bits per heavy atom. The SMILES string of the molecule is O=C(O)CN(Cc1ccc([N+](=O)[O-])cc1)S(=O)(=O)c1cc(Cl)ccc1Cl. The molecule has 11 heteroatoms. The van der Waals surface area contributed by atoms with Crippen LogP contribution in [-0.4, -0.2) is 35.3 Å². The molecule has 0 fully saturated rings. The van der Waals surface area contributed by atoms with Crippen LogP contribution in [0.15, 0.2) is 47.4 Å². The van der Waals surface area contributed by atoms with Crippen molar-refractivity contribution in [3.8, 4) is 0 Å². The molecule has 0 saturated heterocycles. The van der Waals surface area contributed by atoms with Crippen LogP contribution in [0, 0.1) is 10.1 Å². The van der Waals surface area contributed by atoms with Crippen LogP contribution in [0.5, 0.6) is 0 Å². The number of nitro groups is 1. The number of carboxylic acid groups (broad SMARTS) is 1. The minimum atomic E-state index is -4.27. The molecule has 0 aliphatic heterocycles. The first-order valence-electron chi connectivity index (χ1n) is 7.01. The zero-order valence-electron chi connectivity index (χ0n) is 13.0. The molecule has 2 aromatic carbocycles. The molecule has 0 spiro atoms. The quantitative estimate of drug-likeness (QED) is 0.544. The van der Waals surface area contributed by atoms with Gasteiger partial charge in [-0.05, 0) is 23.8 Å². The fourth-order valence-electron chi connectivity index (χ4n) is 2.12. The Bertz CT molecular complexity index is 947. The van der Waals surface area contributed by atoms with Gasteiger partial charge in [-0.25, -0.2) is 8.42 Å². The highest BCUT2D eigenvalue weighted by atomic mass is 35.5. The predicted molar refractivity (Wildman–Crippen MR) is 94.8 cm³/mol. The predicted octanol–water partition coefficient (Wildman–Crippen LogP) is 3.18.